The highest BCUT2D eigenvalue weighted by Gasteiger charge is 2.28. The number of benzene rings is 1. The Labute approximate surface area is 95.0 Å². The van der Waals surface area contributed by atoms with E-state index in [4.69, 9.17) is 0 Å². The first-order valence-electron chi connectivity index (χ1n) is 4.78. The van der Waals surface area contributed by atoms with Crippen molar-refractivity contribution in [2.45, 2.75) is 6.42 Å². The molecule has 2 heterocycles. The maximum Gasteiger partial charge on any atom is 0.234 e. The van der Waals surface area contributed by atoms with Crippen molar-refractivity contribution in [3.8, 4) is 0 Å². The maximum atomic E-state index is 11.5. The number of anilines is 1. The Kier molecular flexibility index (Phi) is 1.97. The quantitative estimate of drug-likeness (QED) is 0.689. The fraction of sp³-hybridized carbons (Fsp3) is 0.200. The van der Waals surface area contributed by atoms with Crippen LogP contribution in [0.1, 0.15) is 6.42 Å². The third-order valence-corrected chi connectivity index (χ3v) is 3.09. The van der Waals surface area contributed by atoms with Gasteiger partial charge in [0.2, 0.25) is 5.91 Å². The van der Waals surface area contributed by atoms with Gasteiger partial charge in [-0.3, -0.25) is 9.59 Å². The second-order valence-electron chi connectivity index (χ2n) is 3.63. The van der Waals surface area contributed by atoms with Crippen LogP contribution in [0.5, 0.6) is 0 Å². The summed E-state index contributed by atoms with van der Waals surface area (Å²) in [7, 11) is 0. The van der Waals surface area contributed by atoms with E-state index >= 15 is 0 Å². The van der Waals surface area contributed by atoms with E-state index in [1.807, 2.05) is 6.07 Å². The summed E-state index contributed by atoms with van der Waals surface area (Å²) in [5.41, 5.74) is 2.29. The van der Waals surface area contributed by atoms with Crippen molar-refractivity contribution in [2.75, 3.05) is 11.4 Å². The zero-order valence-corrected chi connectivity index (χ0v) is 9.03. The zero-order chi connectivity index (χ0) is 11.1. The fourth-order valence-electron chi connectivity index (χ4n) is 1.76. The molecule has 5 nitrogen and oxygen atoms in total. The van der Waals surface area contributed by atoms with Crippen LogP contribution in [0.4, 0.5) is 5.69 Å². The van der Waals surface area contributed by atoms with E-state index in [0.29, 0.717) is 0 Å². The van der Waals surface area contributed by atoms with Crippen LogP contribution >= 0.6 is 11.7 Å². The molecular formula is C10H7N3O2S. The lowest BCUT2D eigenvalue weighted by molar-refractivity contribution is -0.121. The van der Waals surface area contributed by atoms with Gasteiger partial charge in [0.05, 0.1) is 24.7 Å². The minimum atomic E-state index is -0.146. The van der Waals surface area contributed by atoms with Crippen LogP contribution in [0.2, 0.25) is 0 Å². The summed E-state index contributed by atoms with van der Waals surface area (Å²) in [4.78, 5) is 24.2. The number of carbonyl (C=O) groups is 2. The Morgan fingerprint density at radius 1 is 1.19 bits per heavy atom. The predicted molar refractivity (Wildman–Crippen MR) is 59.4 cm³/mol. The molecule has 1 aliphatic heterocycles. The zero-order valence-electron chi connectivity index (χ0n) is 8.21. The number of amides is 1. The molecule has 3 rings (SSSR count). The van der Waals surface area contributed by atoms with Crippen LogP contribution in [-0.4, -0.2) is 27.0 Å². The summed E-state index contributed by atoms with van der Waals surface area (Å²) < 4.78 is 8.18. The fourth-order valence-corrected chi connectivity index (χ4v) is 2.28. The van der Waals surface area contributed by atoms with Crippen LogP contribution in [-0.2, 0) is 9.59 Å². The van der Waals surface area contributed by atoms with Gasteiger partial charge in [-0.05, 0) is 18.2 Å². The normalized spacial score (nSPS) is 16.4. The van der Waals surface area contributed by atoms with Crippen LogP contribution in [0, 0.1) is 0 Å². The van der Waals surface area contributed by atoms with Gasteiger partial charge in [-0.2, -0.15) is 8.75 Å². The summed E-state index contributed by atoms with van der Waals surface area (Å²) in [6.45, 7) is 0.169. The second-order valence-corrected chi connectivity index (χ2v) is 4.16. The van der Waals surface area contributed by atoms with Crippen molar-refractivity contribution in [3.05, 3.63) is 18.2 Å². The number of hydrogen-bond donors (Lipinski definition) is 0. The number of hydrogen-bond acceptors (Lipinski definition) is 5. The van der Waals surface area contributed by atoms with Crippen LogP contribution in [0.25, 0.3) is 11.0 Å². The van der Waals surface area contributed by atoms with Gasteiger partial charge in [0, 0.05) is 5.69 Å². The predicted octanol–water partition coefficient (Wildman–Crippen LogP) is 0.997. The molecule has 2 aromatic rings. The second kappa shape index (κ2) is 3.34. The highest BCUT2D eigenvalue weighted by molar-refractivity contribution is 7.00. The minimum Gasteiger partial charge on any atom is -0.305 e. The lowest BCUT2D eigenvalue weighted by Gasteiger charge is -2.13. The highest BCUT2D eigenvalue weighted by Crippen LogP contribution is 2.23. The third-order valence-electron chi connectivity index (χ3n) is 2.53. The Hall–Kier alpha value is -1.82. The Bertz CT molecular complexity index is 593. The molecule has 0 radical (unpaired) electrons. The molecule has 0 unspecified atom stereocenters. The van der Waals surface area contributed by atoms with Crippen molar-refractivity contribution in [3.63, 3.8) is 0 Å². The number of Topliss-reactive ketones (excluding diaryl/α,β-unsaturated/α-hetero) is 1. The first-order valence-corrected chi connectivity index (χ1v) is 5.51. The van der Waals surface area contributed by atoms with Gasteiger partial charge >= 0.3 is 0 Å². The smallest absolute Gasteiger partial charge is 0.234 e. The van der Waals surface area contributed by atoms with Crippen molar-refractivity contribution < 1.29 is 9.59 Å². The van der Waals surface area contributed by atoms with Crippen LogP contribution in [0.15, 0.2) is 18.2 Å². The molecule has 1 fully saturated rings. The van der Waals surface area contributed by atoms with E-state index in [9.17, 15) is 9.59 Å². The van der Waals surface area contributed by atoms with Gasteiger partial charge in [-0.25, -0.2) is 0 Å². The standard InChI is InChI=1S/C10H7N3O2S/c14-7-4-10(15)13(5-7)6-1-2-8-9(3-6)12-16-11-8/h1-3H,4-5H2. The molecule has 0 atom stereocenters. The van der Waals surface area contributed by atoms with E-state index in [2.05, 4.69) is 8.75 Å². The summed E-state index contributed by atoms with van der Waals surface area (Å²) in [5.74, 6) is -0.186. The Morgan fingerprint density at radius 2 is 2.00 bits per heavy atom. The molecule has 1 aromatic heterocycles. The van der Waals surface area contributed by atoms with Gasteiger partial charge in [0.25, 0.3) is 0 Å². The average molecular weight is 233 g/mol. The van der Waals surface area contributed by atoms with Gasteiger partial charge in [0.15, 0.2) is 5.78 Å². The Morgan fingerprint density at radius 3 is 2.75 bits per heavy atom. The van der Waals surface area contributed by atoms with Crippen molar-refractivity contribution in [1.82, 2.24) is 8.75 Å². The largest absolute Gasteiger partial charge is 0.305 e. The summed E-state index contributed by atoms with van der Waals surface area (Å²) in [5, 5.41) is 0. The number of nitrogens with zero attached hydrogens (tertiary/aromatic N) is 3. The molecule has 0 saturated carbocycles. The third kappa shape index (κ3) is 1.38. The topological polar surface area (TPSA) is 63.2 Å². The molecule has 16 heavy (non-hydrogen) atoms. The minimum absolute atomic E-state index is 0.00729. The molecule has 1 amide bonds. The molecule has 1 saturated heterocycles. The van der Waals surface area contributed by atoms with E-state index < -0.39 is 0 Å². The number of fused-ring (bicyclic) bond motifs is 1. The summed E-state index contributed by atoms with van der Waals surface area (Å²) >= 11 is 1.14. The van der Waals surface area contributed by atoms with Crippen molar-refractivity contribution >= 4 is 40.1 Å². The summed E-state index contributed by atoms with van der Waals surface area (Å²) in [6.07, 6.45) is 0.00729. The molecule has 6 heteroatoms. The Balaban J connectivity index is 2.05. The molecular weight excluding hydrogens is 226 g/mol. The molecule has 80 valence electrons. The molecule has 0 aliphatic carbocycles. The van der Waals surface area contributed by atoms with Crippen molar-refractivity contribution in [1.29, 1.82) is 0 Å². The van der Waals surface area contributed by atoms with Gasteiger partial charge in [-0.15, -0.1) is 0 Å². The van der Waals surface area contributed by atoms with Gasteiger partial charge in [0.1, 0.15) is 11.0 Å². The van der Waals surface area contributed by atoms with E-state index in [1.165, 1.54) is 4.90 Å². The first kappa shape index (κ1) is 9.41. The van der Waals surface area contributed by atoms with E-state index in [-0.39, 0.29) is 24.7 Å². The highest BCUT2D eigenvalue weighted by atomic mass is 32.1. The summed E-state index contributed by atoms with van der Waals surface area (Å²) in [6, 6.07) is 5.39. The molecule has 0 spiro atoms. The van der Waals surface area contributed by atoms with Gasteiger partial charge in [-0.1, -0.05) is 0 Å². The molecule has 1 aliphatic rings. The van der Waals surface area contributed by atoms with Crippen LogP contribution in [0.3, 0.4) is 0 Å². The van der Waals surface area contributed by atoms with E-state index in [1.54, 1.807) is 12.1 Å². The lowest BCUT2D eigenvalue weighted by atomic mass is 10.2. The van der Waals surface area contributed by atoms with E-state index in [0.717, 1.165) is 28.4 Å². The molecule has 0 N–H and O–H groups in total. The maximum absolute atomic E-state index is 11.5. The monoisotopic (exact) mass is 233 g/mol. The lowest BCUT2D eigenvalue weighted by Crippen LogP contribution is -2.24. The number of ketones is 1. The first-order chi connectivity index (χ1) is 7.74. The number of carbonyl (C=O) groups excluding carboxylic acids is 2. The molecule has 0 bridgehead atoms. The van der Waals surface area contributed by atoms with Crippen molar-refractivity contribution in [2.24, 2.45) is 0 Å². The van der Waals surface area contributed by atoms with Crippen LogP contribution < -0.4 is 4.90 Å². The SMILES string of the molecule is O=C1CC(=O)N(c2ccc3nsnc3c2)C1. The number of aromatic nitrogens is 2. The average Bonchev–Trinajstić information content (AvgIpc) is 2.83. The molecule has 1 aromatic carbocycles. The number of rotatable bonds is 1. The van der Waals surface area contributed by atoms with Gasteiger partial charge < -0.3 is 4.90 Å².